The molecule has 192 valence electrons. The lowest BCUT2D eigenvalue weighted by Gasteiger charge is -2.62. The number of hydrogen-bond acceptors (Lipinski definition) is 2. The Morgan fingerprint density at radius 3 is 2.33 bits per heavy atom. The molecule has 0 saturated heterocycles. The molecule has 0 bridgehead atoms. The lowest BCUT2D eigenvalue weighted by molar-refractivity contribution is -0.161. The topological polar surface area (TPSA) is 18.5 Å². The van der Waals surface area contributed by atoms with Gasteiger partial charge in [0.15, 0.2) is 0 Å². The Kier molecular flexibility index (Phi) is 7.42. The van der Waals surface area contributed by atoms with Crippen LogP contribution >= 0.6 is 0 Å². The fraction of sp³-hybridized carbons (Fsp3) is 1.00. The third-order valence-corrected chi connectivity index (χ3v) is 12.2. The molecule has 4 saturated carbocycles. The minimum Gasteiger partial charge on any atom is -0.379 e. The zero-order valence-corrected chi connectivity index (χ0v) is 23.5. The largest absolute Gasteiger partial charge is 0.379 e. The SMILES string of the molecule is CCO[C@@]1(C)CC[C@@]2(C)[C@@H](CC[C@@H]3[C@@H]2CC[C@]2(C)C([C@H](C)CCCC(C)(C)OC)CC[C@@H]32)C1. The molecule has 4 rings (SSSR count). The fourth-order valence-corrected chi connectivity index (χ4v) is 10.0. The van der Waals surface area contributed by atoms with E-state index in [2.05, 4.69) is 48.5 Å². The van der Waals surface area contributed by atoms with Crippen LogP contribution in [0.5, 0.6) is 0 Å². The van der Waals surface area contributed by atoms with Crippen LogP contribution < -0.4 is 0 Å². The van der Waals surface area contributed by atoms with Gasteiger partial charge in [-0.25, -0.2) is 0 Å². The first-order chi connectivity index (χ1) is 15.5. The van der Waals surface area contributed by atoms with E-state index in [-0.39, 0.29) is 11.2 Å². The van der Waals surface area contributed by atoms with Crippen LogP contribution in [0.2, 0.25) is 0 Å². The van der Waals surface area contributed by atoms with Crippen LogP contribution in [0.3, 0.4) is 0 Å². The maximum absolute atomic E-state index is 6.28. The van der Waals surface area contributed by atoms with Crippen molar-refractivity contribution >= 4 is 0 Å². The third-order valence-electron chi connectivity index (χ3n) is 12.2. The molecule has 1 unspecified atom stereocenters. The van der Waals surface area contributed by atoms with Gasteiger partial charge in [-0.2, -0.15) is 0 Å². The van der Waals surface area contributed by atoms with Gasteiger partial charge in [-0.1, -0.05) is 33.6 Å². The molecule has 4 fully saturated rings. The summed E-state index contributed by atoms with van der Waals surface area (Å²) in [5.74, 6) is 5.62. The molecular weight excluding hydrogens is 404 g/mol. The molecule has 4 aliphatic rings. The molecule has 4 aliphatic carbocycles. The van der Waals surface area contributed by atoms with E-state index in [0.717, 1.165) is 42.1 Å². The van der Waals surface area contributed by atoms with Crippen LogP contribution in [-0.4, -0.2) is 24.9 Å². The molecule has 33 heavy (non-hydrogen) atoms. The van der Waals surface area contributed by atoms with Crippen molar-refractivity contribution in [1.29, 1.82) is 0 Å². The van der Waals surface area contributed by atoms with Crippen molar-refractivity contribution in [3.63, 3.8) is 0 Å². The second-order valence-electron chi connectivity index (χ2n) is 14.3. The van der Waals surface area contributed by atoms with E-state index in [1.165, 1.54) is 77.0 Å². The predicted molar refractivity (Wildman–Crippen MR) is 139 cm³/mol. The Morgan fingerprint density at radius 2 is 1.64 bits per heavy atom. The van der Waals surface area contributed by atoms with Crippen LogP contribution in [0.4, 0.5) is 0 Å². The van der Waals surface area contributed by atoms with Gasteiger partial charge in [-0.15, -0.1) is 0 Å². The maximum Gasteiger partial charge on any atom is 0.0657 e. The van der Waals surface area contributed by atoms with E-state index >= 15 is 0 Å². The fourth-order valence-electron chi connectivity index (χ4n) is 10.0. The van der Waals surface area contributed by atoms with Crippen LogP contribution in [0, 0.1) is 46.3 Å². The first kappa shape index (κ1) is 26.0. The summed E-state index contributed by atoms with van der Waals surface area (Å²) in [6, 6.07) is 0. The van der Waals surface area contributed by atoms with E-state index in [1.54, 1.807) is 0 Å². The van der Waals surface area contributed by atoms with Crippen molar-refractivity contribution < 1.29 is 9.47 Å². The Balaban J connectivity index is 1.42. The van der Waals surface area contributed by atoms with Gasteiger partial charge >= 0.3 is 0 Å². The summed E-state index contributed by atoms with van der Waals surface area (Å²) in [6.45, 7) is 17.9. The predicted octanol–water partition coefficient (Wildman–Crippen LogP) is 8.67. The zero-order chi connectivity index (χ0) is 24.1. The Bertz CT molecular complexity index is 672. The normalized spacial score (nSPS) is 46.4. The molecule has 0 amide bonds. The van der Waals surface area contributed by atoms with Gasteiger partial charge in [-0.05, 0) is 138 Å². The second kappa shape index (κ2) is 9.42. The van der Waals surface area contributed by atoms with Gasteiger partial charge in [0.05, 0.1) is 11.2 Å². The van der Waals surface area contributed by atoms with Gasteiger partial charge < -0.3 is 9.47 Å². The maximum atomic E-state index is 6.28. The Labute approximate surface area is 206 Å². The highest BCUT2D eigenvalue weighted by Gasteiger charge is 2.61. The summed E-state index contributed by atoms with van der Waals surface area (Å²) in [7, 11) is 1.86. The van der Waals surface area contributed by atoms with E-state index in [4.69, 9.17) is 9.47 Å². The monoisotopic (exact) mass is 460 g/mol. The number of methoxy groups -OCH3 is 1. The Morgan fingerprint density at radius 1 is 0.909 bits per heavy atom. The lowest BCUT2D eigenvalue weighted by Crippen LogP contribution is -2.56. The smallest absolute Gasteiger partial charge is 0.0657 e. The highest BCUT2D eigenvalue weighted by atomic mass is 16.5. The van der Waals surface area contributed by atoms with Crippen LogP contribution in [0.25, 0.3) is 0 Å². The summed E-state index contributed by atoms with van der Waals surface area (Å²) >= 11 is 0. The van der Waals surface area contributed by atoms with Crippen LogP contribution in [-0.2, 0) is 9.47 Å². The zero-order valence-electron chi connectivity index (χ0n) is 23.5. The van der Waals surface area contributed by atoms with Crippen molar-refractivity contribution in [1.82, 2.24) is 0 Å². The van der Waals surface area contributed by atoms with Crippen LogP contribution in [0.1, 0.15) is 126 Å². The van der Waals surface area contributed by atoms with E-state index in [9.17, 15) is 0 Å². The molecule has 2 nitrogen and oxygen atoms in total. The van der Waals surface area contributed by atoms with Gasteiger partial charge in [0, 0.05) is 13.7 Å². The molecular formula is C31H56O2. The van der Waals surface area contributed by atoms with Crippen molar-refractivity contribution in [3.05, 3.63) is 0 Å². The number of ether oxygens (including phenoxy) is 2. The molecule has 0 aromatic heterocycles. The minimum absolute atomic E-state index is 0.0339. The summed E-state index contributed by atoms with van der Waals surface area (Å²) < 4.78 is 12.0. The first-order valence-electron chi connectivity index (χ1n) is 14.7. The van der Waals surface area contributed by atoms with Gasteiger partial charge in [0.1, 0.15) is 0 Å². The molecule has 0 N–H and O–H groups in total. The molecule has 0 radical (unpaired) electrons. The third kappa shape index (κ3) is 4.71. The molecule has 0 spiro atoms. The lowest BCUT2D eigenvalue weighted by atomic mass is 9.43. The van der Waals surface area contributed by atoms with Crippen molar-refractivity contribution in [2.45, 2.75) is 137 Å². The standard InChI is InChI=1S/C31H56O2/c1-9-33-29(5)19-20-30(6)23(21-29)12-13-24-26-15-14-25(31(26,7)18-16-27(24)30)22(2)11-10-17-28(3,4)32-8/h22-27H,9-21H2,1-8H3/t22-,23+,24+,25?,26+,27+,29+,30+,31-/m1/s1. The number of rotatable bonds is 8. The van der Waals surface area contributed by atoms with E-state index in [0.29, 0.717) is 10.8 Å². The highest BCUT2D eigenvalue weighted by Crippen LogP contribution is 2.69. The summed E-state index contributed by atoms with van der Waals surface area (Å²) in [4.78, 5) is 0. The average molecular weight is 461 g/mol. The van der Waals surface area contributed by atoms with Crippen LogP contribution in [0.15, 0.2) is 0 Å². The minimum atomic E-state index is 0.0339. The summed E-state index contributed by atoms with van der Waals surface area (Å²) in [6.07, 6.45) is 16.8. The Hall–Kier alpha value is -0.0800. The van der Waals surface area contributed by atoms with E-state index < -0.39 is 0 Å². The first-order valence-corrected chi connectivity index (χ1v) is 14.7. The summed E-state index contributed by atoms with van der Waals surface area (Å²) in [5, 5.41) is 0. The van der Waals surface area contributed by atoms with Gasteiger partial charge in [0.2, 0.25) is 0 Å². The molecule has 0 aromatic carbocycles. The van der Waals surface area contributed by atoms with E-state index in [1.807, 2.05) is 7.11 Å². The van der Waals surface area contributed by atoms with Gasteiger partial charge in [-0.3, -0.25) is 0 Å². The number of fused-ring (bicyclic) bond motifs is 5. The van der Waals surface area contributed by atoms with Crippen molar-refractivity contribution in [2.24, 2.45) is 46.3 Å². The molecule has 2 heteroatoms. The molecule has 0 heterocycles. The molecule has 0 aromatic rings. The quantitative estimate of drug-likeness (QED) is 0.361. The second-order valence-corrected chi connectivity index (χ2v) is 14.3. The molecule has 0 aliphatic heterocycles. The number of hydrogen-bond donors (Lipinski definition) is 0. The van der Waals surface area contributed by atoms with Crippen molar-refractivity contribution in [2.75, 3.05) is 13.7 Å². The molecule has 9 atom stereocenters. The average Bonchev–Trinajstić information content (AvgIpc) is 3.11. The highest BCUT2D eigenvalue weighted by molar-refractivity contribution is 5.10. The summed E-state index contributed by atoms with van der Waals surface area (Å²) in [5.41, 5.74) is 1.33. The van der Waals surface area contributed by atoms with Gasteiger partial charge in [0.25, 0.3) is 0 Å². The van der Waals surface area contributed by atoms with Crippen molar-refractivity contribution in [3.8, 4) is 0 Å².